The summed E-state index contributed by atoms with van der Waals surface area (Å²) in [4.78, 5) is 23.9. The minimum absolute atomic E-state index is 0.268. The number of nitrogens with zero attached hydrogens (tertiary/aromatic N) is 3. The zero-order chi connectivity index (χ0) is 24.1. The lowest BCUT2D eigenvalue weighted by atomic mass is 9.89. The van der Waals surface area contributed by atoms with Crippen molar-refractivity contribution in [1.82, 2.24) is 4.98 Å². The maximum absolute atomic E-state index is 14.5. The molecule has 1 aliphatic rings. The van der Waals surface area contributed by atoms with E-state index in [9.17, 15) is 18.0 Å². The van der Waals surface area contributed by atoms with Gasteiger partial charge in [0, 0.05) is 13.3 Å². The van der Waals surface area contributed by atoms with Crippen molar-refractivity contribution in [2.24, 2.45) is 27.2 Å². The van der Waals surface area contributed by atoms with Gasteiger partial charge in [0.25, 0.3) is 11.9 Å². The van der Waals surface area contributed by atoms with E-state index >= 15 is 0 Å². The smallest absolute Gasteiger partial charge is 0.311 e. The van der Waals surface area contributed by atoms with Gasteiger partial charge in [-0.15, -0.1) is 0 Å². The van der Waals surface area contributed by atoms with Gasteiger partial charge in [0.2, 0.25) is 0 Å². The van der Waals surface area contributed by atoms with Gasteiger partial charge < -0.3 is 32.0 Å². The number of amidine groups is 1. The molecule has 2 heterocycles. The number of amides is 1. The van der Waals surface area contributed by atoms with Crippen LogP contribution >= 0.6 is 0 Å². The van der Waals surface area contributed by atoms with Gasteiger partial charge in [-0.3, -0.25) is 4.79 Å². The van der Waals surface area contributed by atoms with Gasteiger partial charge in [0.15, 0.2) is 17.8 Å². The molecule has 2 rings (SSSR count). The van der Waals surface area contributed by atoms with E-state index in [0.29, 0.717) is 18.6 Å². The molecular weight excluding hydrogens is 431 g/mol. The molecule has 0 aliphatic carbocycles. The fraction of sp³-hybridized carbons (Fsp3) is 0.368. The number of methoxy groups -OCH3 is 1. The first-order valence-corrected chi connectivity index (χ1v) is 9.21. The van der Waals surface area contributed by atoms with Gasteiger partial charge in [-0.25, -0.2) is 19.4 Å². The lowest BCUT2D eigenvalue weighted by molar-refractivity contribution is -0.118. The Labute approximate surface area is 182 Å². The summed E-state index contributed by atoms with van der Waals surface area (Å²) in [5, 5.41) is 2.29. The van der Waals surface area contributed by atoms with Crippen molar-refractivity contribution in [2.45, 2.75) is 24.8 Å². The molecule has 0 unspecified atom stereocenters. The molecule has 10 nitrogen and oxygen atoms in total. The lowest BCUT2D eigenvalue weighted by Crippen LogP contribution is -2.51. The number of ether oxygens (including phenoxy) is 2. The van der Waals surface area contributed by atoms with Gasteiger partial charge in [0.1, 0.15) is 23.1 Å². The van der Waals surface area contributed by atoms with Crippen LogP contribution in [-0.2, 0) is 19.8 Å². The summed E-state index contributed by atoms with van der Waals surface area (Å²) in [6.07, 6.45) is 1.72. The molecule has 1 atom stereocenters. The number of hydrogen-bond acceptors (Lipinski definition) is 9. The number of nitrogens with two attached hydrogens (primary N) is 3. The second kappa shape index (κ2) is 9.68. The number of anilines is 1. The lowest BCUT2D eigenvalue weighted by Gasteiger charge is -2.36. The molecule has 0 saturated carbocycles. The topological polar surface area (TPSA) is 163 Å². The summed E-state index contributed by atoms with van der Waals surface area (Å²) in [5.41, 5.74) is 13.4. The summed E-state index contributed by atoms with van der Waals surface area (Å²) < 4.78 is 53.0. The van der Waals surface area contributed by atoms with Crippen LogP contribution in [0.5, 0.6) is 0 Å². The first-order chi connectivity index (χ1) is 14.9. The fourth-order valence-corrected chi connectivity index (χ4v) is 2.61. The molecule has 1 amide bonds. The Balaban J connectivity index is 2.33. The fourth-order valence-electron chi connectivity index (χ4n) is 2.61. The second-order valence-electron chi connectivity index (χ2n) is 6.96. The molecule has 7 N–H and O–H groups in total. The number of carbonyl (C=O) groups is 1. The molecule has 0 bridgehead atoms. The molecule has 1 aromatic heterocycles. The third kappa shape index (κ3) is 5.35. The Kier molecular flexibility index (Phi) is 7.46. The van der Waals surface area contributed by atoms with E-state index in [1.165, 1.54) is 13.3 Å². The van der Waals surface area contributed by atoms with Crippen molar-refractivity contribution in [3.05, 3.63) is 47.3 Å². The van der Waals surface area contributed by atoms with E-state index in [2.05, 4.69) is 31.6 Å². The van der Waals surface area contributed by atoms with Crippen LogP contribution in [0.25, 0.3) is 0 Å². The number of aliphatic imine (C=N–C) groups is 2. The molecule has 1 aliphatic heterocycles. The van der Waals surface area contributed by atoms with Crippen LogP contribution < -0.4 is 22.5 Å². The maximum atomic E-state index is 14.5. The number of aromatic nitrogens is 1. The molecule has 0 fully saturated rings. The van der Waals surface area contributed by atoms with Crippen LogP contribution in [0.4, 0.5) is 19.0 Å². The largest absolute Gasteiger partial charge is 0.459 e. The van der Waals surface area contributed by atoms with E-state index in [1.807, 2.05) is 0 Å². The average Bonchev–Trinajstić information content (AvgIpc) is 2.71. The molecule has 32 heavy (non-hydrogen) atoms. The Morgan fingerprint density at radius 1 is 1.44 bits per heavy atom. The van der Waals surface area contributed by atoms with Crippen LogP contribution in [0.1, 0.15) is 19.0 Å². The number of pyridine rings is 1. The Morgan fingerprint density at radius 3 is 2.75 bits per heavy atom. The third-order valence-corrected chi connectivity index (χ3v) is 4.49. The first-order valence-electron chi connectivity index (χ1n) is 9.21. The van der Waals surface area contributed by atoms with Crippen LogP contribution in [0, 0.1) is 5.82 Å². The van der Waals surface area contributed by atoms with Crippen LogP contribution in [0.3, 0.4) is 0 Å². The zero-order valence-corrected chi connectivity index (χ0v) is 17.5. The molecule has 0 radical (unpaired) electrons. The standard InChI is InChI=1S/C19H24F3N7O3/c1-10(6-7-31-3)8-26-13(15(23)24)16(30)28-12-5-4-11(20)14(27-12)18(2)19(21,22)9-32-17(25)29-18/h4-5,8H,1,6-7,9,23-24H2,2-3H3,(H2,25,29)(H,27,28,30)/b26-8-/t18-/m1/s1. The Bertz CT molecular complexity index is 990. The summed E-state index contributed by atoms with van der Waals surface area (Å²) in [5.74, 6) is -6.30. The van der Waals surface area contributed by atoms with Gasteiger partial charge in [-0.2, -0.15) is 8.78 Å². The predicted octanol–water partition coefficient (Wildman–Crippen LogP) is 1.10. The number of hydrogen-bond donors (Lipinski definition) is 4. The van der Waals surface area contributed by atoms with E-state index in [1.54, 1.807) is 0 Å². The Morgan fingerprint density at radius 2 is 2.12 bits per heavy atom. The highest BCUT2D eigenvalue weighted by Gasteiger charge is 2.57. The maximum Gasteiger partial charge on any atom is 0.311 e. The predicted molar refractivity (Wildman–Crippen MR) is 112 cm³/mol. The number of carbonyl (C=O) groups excluding carboxylic acids is 1. The Hall–Kier alpha value is -3.61. The highest BCUT2D eigenvalue weighted by molar-refractivity contribution is 6.04. The summed E-state index contributed by atoms with van der Waals surface area (Å²) >= 11 is 0. The monoisotopic (exact) mass is 455 g/mol. The molecule has 0 saturated heterocycles. The van der Waals surface area contributed by atoms with Crippen molar-refractivity contribution in [2.75, 3.05) is 25.6 Å². The molecule has 174 valence electrons. The SMILES string of the molecule is C=C(/C=N\C(C(=O)Nc1ccc(F)c([C@@]2(C)N=C(N)OCC2(F)F)n1)=C(N)N)CCOC. The van der Waals surface area contributed by atoms with Crippen LogP contribution in [-0.4, -0.2) is 49.4 Å². The van der Waals surface area contributed by atoms with Gasteiger partial charge in [-0.05, 0) is 31.1 Å². The number of halogens is 3. The molecule has 1 aromatic rings. The van der Waals surface area contributed by atoms with Crippen molar-refractivity contribution in [3.8, 4) is 0 Å². The van der Waals surface area contributed by atoms with E-state index in [4.69, 9.17) is 21.9 Å². The third-order valence-electron chi connectivity index (χ3n) is 4.49. The number of alkyl halides is 2. The second-order valence-corrected chi connectivity index (χ2v) is 6.96. The van der Waals surface area contributed by atoms with E-state index in [-0.39, 0.29) is 11.5 Å². The van der Waals surface area contributed by atoms with Crippen molar-refractivity contribution in [3.63, 3.8) is 0 Å². The highest BCUT2D eigenvalue weighted by Crippen LogP contribution is 2.43. The van der Waals surface area contributed by atoms with Crippen LogP contribution in [0.2, 0.25) is 0 Å². The summed E-state index contributed by atoms with van der Waals surface area (Å²) in [6, 6.07) is 1.38. The molecule has 0 spiro atoms. The minimum atomic E-state index is -3.63. The van der Waals surface area contributed by atoms with Gasteiger partial charge in [0.05, 0.1) is 6.61 Å². The van der Waals surface area contributed by atoms with Crippen molar-refractivity contribution in [1.29, 1.82) is 0 Å². The quantitative estimate of drug-likeness (QED) is 0.337. The summed E-state index contributed by atoms with van der Waals surface area (Å²) in [6.45, 7) is 3.97. The number of rotatable bonds is 8. The van der Waals surface area contributed by atoms with Gasteiger partial charge >= 0.3 is 5.92 Å². The van der Waals surface area contributed by atoms with Gasteiger partial charge in [-0.1, -0.05) is 6.58 Å². The van der Waals surface area contributed by atoms with Crippen molar-refractivity contribution < 1.29 is 27.4 Å². The molecule has 13 heteroatoms. The molecule has 0 aromatic carbocycles. The van der Waals surface area contributed by atoms with Crippen molar-refractivity contribution >= 4 is 24.0 Å². The minimum Gasteiger partial charge on any atom is -0.459 e. The number of nitrogens with one attached hydrogen (secondary N) is 1. The van der Waals surface area contributed by atoms with E-state index in [0.717, 1.165) is 19.1 Å². The summed E-state index contributed by atoms with van der Waals surface area (Å²) in [7, 11) is 1.52. The first kappa shape index (κ1) is 24.7. The normalized spacial score (nSPS) is 19.7. The zero-order valence-electron chi connectivity index (χ0n) is 17.5. The molecular formula is C19H24F3N7O3. The average molecular weight is 455 g/mol. The highest BCUT2D eigenvalue weighted by atomic mass is 19.3. The van der Waals surface area contributed by atoms with Crippen LogP contribution in [0.15, 0.2) is 45.8 Å². The van der Waals surface area contributed by atoms with E-state index < -0.39 is 47.3 Å².